The third-order valence-corrected chi connectivity index (χ3v) is 3.78. The van der Waals surface area contributed by atoms with E-state index < -0.39 is 0 Å². The molecule has 0 radical (unpaired) electrons. The molecule has 0 bridgehead atoms. The number of aromatic nitrogens is 1. The summed E-state index contributed by atoms with van der Waals surface area (Å²) in [4.78, 5) is 4.33. The molecule has 0 aliphatic carbocycles. The van der Waals surface area contributed by atoms with Crippen LogP contribution in [0.25, 0.3) is 10.9 Å². The zero-order chi connectivity index (χ0) is 14.8. The number of anilines is 1. The van der Waals surface area contributed by atoms with Gasteiger partial charge in [0, 0.05) is 11.6 Å². The first-order chi connectivity index (χ1) is 10.2. The number of hydrogen-bond donors (Lipinski definition) is 1. The zero-order valence-electron chi connectivity index (χ0n) is 12.3. The number of rotatable bonds is 3. The van der Waals surface area contributed by atoms with Gasteiger partial charge in [0.2, 0.25) is 0 Å². The molecule has 2 aromatic carbocycles. The van der Waals surface area contributed by atoms with Crippen LogP contribution < -0.4 is 10.5 Å². The van der Waals surface area contributed by atoms with Crippen LogP contribution in [0.3, 0.4) is 0 Å². The Labute approximate surface area is 124 Å². The van der Waals surface area contributed by atoms with Crippen LogP contribution in [0, 0.1) is 13.8 Å². The van der Waals surface area contributed by atoms with Crippen LogP contribution in [-0.2, 0) is 6.61 Å². The quantitative estimate of drug-likeness (QED) is 0.736. The van der Waals surface area contributed by atoms with Crippen LogP contribution in [0.15, 0.2) is 48.7 Å². The predicted octanol–water partition coefficient (Wildman–Crippen LogP) is 4.01. The maximum Gasteiger partial charge on any atom is 0.129 e. The van der Waals surface area contributed by atoms with E-state index in [1.807, 2.05) is 24.3 Å². The normalized spacial score (nSPS) is 10.8. The van der Waals surface area contributed by atoms with E-state index in [0.717, 1.165) is 16.7 Å². The van der Waals surface area contributed by atoms with Gasteiger partial charge in [0.15, 0.2) is 0 Å². The molecule has 106 valence electrons. The highest BCUT2D eigenvalue weighted by molar-refractivity contribution is 5.93. The summed E-state index contributed by atoms with van der Waals surface area (Å²) in [5.74, 6) is 0.815. The molecule has 0 unspecified atom stereocenters. The summed E-state index contributed by atoms with van der Waals surface area (Å²) in [7, 11) is 0. The minimum Gasteiger partial charge on any atom is -0.488 e. The van der Waals surface area contributed by atoms with Crippen LogP contribution in [0.5, 0.6) is 5.75 Å². The van der Waals surface area contributed by atoms with E-state index >= 15 is 0 Å². The smallest absolute Gasteiger partial charge is 0.129 e. The van der Waals surface area contributed by atoms with E-state index in [2.05, 4.69) is 37.0 Å². The Balaban J connectivity index is 1.94. The summed E-state index contributed by atoms with van der Waals surface area (Å²) in [6, 6.07) is 13.9. The molecule has 3 rings (SSSR count). The fourth-order valence-corrected chi connectivity index (χ4v) is 2.52. The second-order valence-electron chi connectivity index (χ2n) is 5.21. The molecular formula is C18H18N2O. The monoisotopic (exact) mass is 278 g/mol. The summed E-state index contributed by atoms with van der Waals surface area (Å²) in [5.41, 5.74) is 11.1. The first-order valence-electron chi connectivity index (χ1n) is 6.98. The van der Waals surface area contributed by atoms with Gasteiger partial charge in [-0.15, -0.1) is 0 Å². The van der Waals surface area contributed by atoms with Gasteiger partial charge in [-0.3, -0.25) is 4.98 Å². The van der Waals surface area contributed by atoms with Crippen molar-refractivity contribution in [3.63, 3.8) is 0 Å². The SMILES string of the molecule is Cc1cccc(C)c1COc1ccc(N)c2ncccc12. The molecule has 0 fully saturated rings. The van der Waals surface area contributed by atoms with Crippen molar-refractivity contribution in [1.82, 2.24) is 4.98 Å². The maximum absolute atomic E-state index is 6.03. The molecule has 3 heteroatoms. The molecule has 2 N–H and O–H groups in total. The molecule has 3 aromatic rings. The largest absolute Gasteiger partial charge is 0.488 e. The van der Waals surface area contributed by atoms with Gasteiger partial charge in [0.1, 0.15) is 12.4 Å². The van der Waals surface area contributed by atoms with Gasteiger partial charge in [-0.05, 0) is 54.8 Å². The van der Waals surface area contributed by atoms with Gasteiger partial charge >= 0.3 is 0 Å². The van der Waals surface area contributed by atoms with Crippen molar-refractivity contribution >= 4 is 16.6 Å². The van der Waals surface area contributed by atoms with Crippen LogP contribution >= 0.6 is 0 Å². The first kappa shape index (κ1) is 13.4. The van der Waals surface area contributed by atoms with Gasteiger partial charge in [0.25, 0.3) is 0 Å². The number of nitrogen functional groups attached to an aromatic ring is 1. The first-order valence-corrected chi connectivity index (χ1v) is 6.98. The average Bonchev–Trinajstić information content (AvgIpc) is 2.49. The van der Waals surface area contributed by atoms with Crippen molar-refractivity contribution in [1.29, 1.82) is 0 Å². The number of aryl methyl sites for hydroxylation is 2. The molecule has 0 atom stereocenters. The highest BCUT2D eigenvalue weighted by Crippen LogP contribution is 2.29. The highest BCUT2D eigenvalue weighted by atomic mass is 16.5. The zero-order valence-corrected chi connectivity index (χ0v) is 12.3. The van der Waals surface area contributed by atoms with Gasteiger partial charge in [0.05, 0.1) is 11.2 Å². The molecule has 0 amide bonds. The second-order valence-corrected chi connectivity index (χ2v) is 5.21. The van der Waals surface area contributed by atoms with Crippen LogP contribution in [0.2, 0.25) is 0 Å². The average molecular weight is 278 g/mol. The van der Waals surface area contributed by atoms with E-state index in [4.69, 9.17) is 10.5 Å². The lowest BCUT2D eigenvalue weighted by atomic mass is 10.0. The Morgan fingerprint density at radius 1 is 1.00 bits per heavy atom. The van der Waals surface area contributed by atoms with E-state index in [0.29, 0.717) is 12.3 Å². The molecule has 3 nitrogen and oxygen atoms in total. The number of fused-ring (bicyclic) bond motifs is 1. The number of hydrogen-bond acceptors (Lipinski definition) is 3. The molecular weight excluding hydrogens is 260 g/mol. The van der Waals surface area contributed by atoms with Crippen molar-refractivity contribution in [3.05, 3.63) is 65.4 Å². The predicted molar refractivity (Wildman–Crippen MR) is 86.4 cm³/mol. The minimum absolute atomic E-state index is 0.548. The molecule has 1 aromatic heterocycles. The number of ether oxygens (including phenoxy) is 1. The van der Waals surface area contributed by atoms with Crippen LogP contribution in [0.4, 0.5) is 5.69 Å². The van der Waals surface area contributed by atoms with Crippen molar-refractivity contribution in [2.24, 2.45) is 0 Å². The van der Waals surface area contributed by atoms with E-state index in [9.17, 15) is 0 Å². The summed E-state index contributed by atoms with van der Waals surface area (Å²) < 4.78 is 6.03. The Morgan fingerprint density at radius 2 is 1.76 bits per heavy atom. The summed E-state index contributed by atoms with van der Waals surface area (Å²) in [6.45, 7) is 4.76. The maximum atomic E-state index is 6.03. The van der Waals surface area contributed by atoms with Crippen LogP contribution in [0.1, 0.15) is 16.7 Å². The van der Waals surface area contributed by atoms with Gasteiger partial charge in [-0.2, -0.15) is 0 Å². The third kappa shape index (κ3) is 2.55. The molecule has 0 saturated heterocycles. The molecule has 0 aliphatic heterocycles. The molecule has 1 heterocycles. The fourth-order valence-electron chi connectivity index (χ4n) is 2.52. The minimum atomic E-state index is 0.548. The molecule has 0 spiro atoms. The summed E-state index contributed by atoms with van der Waals surface area (Å²) in [6.07, 6.45) is 1.74. The molecule has 0 saturated carbocycles. The summed E-state index contributed by atoms with van der Waals surface area (Å²) >= 11 is 0. The van der Waals surface area contributed by atoms with Gasteiger partial charge < -0.3 is 10.5 Å². The summed E-state index contributed by atoms with van der Waals surface area (Å²) in [5, 5.41) is 0.948. The Hall–Kier alpha value is -2.55. The van der Waals surface area contributed by atoms with E-state index in [1.54, 1.807) is 6.20 Å². The second kappa shape index (κ2) is 5.44. The lowest BCUT2D eigenvalue weighted by Gasteiger charge is -2.13. The van der Waals surface area contributed by atoms with Crippen LogP contribution in [-0.4, -0.2) is 4.98 Å². The van der Waals surface area contributed by atoms with Crippen molar-refractivity contribution < 1.29 is 4.74 Å². The number of nitrogens with zero attached hydrogens (tertiary/aromatic N) is 1. The lowest BCUT2D eigenvalue weighted by Crippen LogP contribution is -2.01. The standard InChI is InChI=1S/C18H18N2O/c1-12-5-3-6-13(2)15(12)11-21-17-9-8-16(19)18-14(17)7-4-10-20-18/h3-10H,11,19H2,1-2H3. The van der Waals surface area contributed by atoms with Crippen molar-refractivity contribution in [2.45, 2.75) is 20.5 Å². The number of nitrogens with two attached hydrogens (primary N) is 1. The Bertz CT molecular complexity index is 776. The Kier molecular flexibility index (Phi) is 3.48. The van der Waals surface area contributed by atoms with Gasteiger partial charge in [-0.1, -0.05) is 18.2 Å². The highest BCUT2D eigenvalue weighted by Gasteiger charge is 2.08. The lowest BCUT2D eigenvalue weighted by molar-refractivity contribution is 0.308. The number of pyridine rings is 1. The van der Waals surface area contributed by atoms with Crippen molar-refractivity contribution in [3.8, 4) is 5.75 Å². The number of benzene rings is 2. The van der Waals surface area contributed by atoms with Crippen molar-refractivity contribution in [2.75, 3.05) is 5.73 Å². The van der Waals surface area contributed by atoms with E-state index in [-0.39, 0.29) is 0 Å². The van der Waals surface area contributed by atoms with Gasteiger partial charge in [-0.25, -0.2) is 0 Å². The third-order valence-electron chi connectivity index (χ3n) is 3.78. The topological polar surface area (TPSA) is 48.1 Å². The Morgan fingerprint density at radius 3 is 2.52 bits per heavy atom. The van der Waals surface area contributed by atoms with E-state index in [1.165, 1.54) is 16.7 Å². The fraction of sp³-hybridized carbons (Fsp3) is 0.167. The molecule has 0 aliphatic rings. The molecule has 21 heavy (non-hydrogen) atoms.